The standard InChI is InChI=1S/C9H11Br2N3/c1-6-9(11)8(14(2)13-6)3-7(4-10)5-12/h7H,3-4H2,1-2H3. The van der Waals surface area contributed by atoms with Gasteiger partial charge in [-0.2, -0.15) is 10.4 Å². The summed E-state index contributed by atoms with van der Waals surface area (Å²) < 4.78 is 2.84. The number of halogens is 2. The molecule has 0 N–H and O–H groups in total. The maximum atomic E-state index is 8.85. The summed E-state index contributed by atoms with van der Waals surface area (Å²) in [6.45, 7) is 1.95. The number of alkyl halides is 1. The van der Waals surface area contributed by atoms with Crippen LogP contribution in [0.3, 0.4) is 0 Å². The van der Waals surface area contributed by atoms with E-state index in [0.717, 1.165) is 22.3 Å². The fourth-order valence-corrected chi connectivity index (χ4v) is 2.14. The van der Waals surface area contributed by atoms with Crippen LogP contribution in [0, 0.1) is 24.2 Å². The molecule has 1 atom stereocenters. The largest absolute Gasteiger partial charge is 0.271 e. The van der Waals surface area contributed by atoms with Crippen molar-refractivity contribution in [3.05, 3.63) is 15.9 Å². The maximum Gasteiger partial charge on any atom is 0.0738 e. The molecule has 76 valence electrons. The van der Waals surface area contributed by atoms with E-state index in [1.807, 2.05) is 18.7 Å². The van der Waals surface area contributed by atoms with Crippen molar-refractivity contribution in [3.63, 3.8) is 0 Å². The first kappa shape index (κ1) is 11.7. The first-order chi connectivity index (χ1) is 6.60. The Morgan fingerprint density at radius 3 is 2.64 bits per heavy atom. The lowest BCUT2D eigenvalue weighted by molar-refractivity contribution is 0.649. The lowest BCUT2D eigenvalue weighted by atomic mass is 10.1. The van der Waals surface area contributed by atoms with Crippen LogP contribution in [0.25, 0.3) is 0 Å². The summed E-state index contributed by atoms with van der Waals surface area (Å²) >= 11 is 6.80. The van der Waals surface area contributed by atoms with E-state index in [1.165, 1.54) is 0 Å². The number of hydrogen-bond acceptors (Lipinski definition) is 2. The summed E-state index contributed by atoms with van der Waals surface area (Å²) in [4.78, 5) is 0. The summed E-state index contributed by atoms with van der Waals surface area (Å²) in [7, 11) is 1.90. The van der Waals surface area contributed by atoms with E-state index in [-0.39, 0.29) is 5.92 Å². The van der Waals surface area contributed by atoms with Crippen LogP contribution in [0.1, 0.15) is 11.4 Å². The minimum absolute atomic E-state index is 0.00102. The molecule has 0 saturated heterocycles. The van der Waals surface area contributed by atoms with Gasteiger partial charge in [0.25, 0.3) is 0 Å². The molecule has 0 amide bonds. The predicted molar refractivity (Wildman–Crippen MR) is 62.2 cm³/mol. The SMILES string of the molecule is Cc1nn(C)c(CC(C#N)CBr)c1Br. The van der Waals surface area contributed by atoms with Gasteiger partial charge in [0.1, 0.15) is 0 Å². The fourth-order valence-electron chi connectivity index (χ4n) is 1.27. The zero-order chi connectivity index (χ0) is 10.7. The molecule has 5 heteroatoms. The van der Waals surface area contributed by atoms with Crippen molar-refractivity contribution in [2.45, 2.75) is 13.3 Å². The van der Waals surface area contributed by atoms with Gasteiger partial charge in [-0.3, -0.25) is 4.68 Å². The van der Waals surface area contributed by atoms with E-state index < -0.39 is 0 Å². The van der Waals surface area contributed by atoms with Gasteiger partial charge in [-0.15, -0.1) is 0 Å². The van der Waals surface area contributed by atoms with Gasteiger partial charge < -0.3 is 0 Å². The van der Waals surface area contributed by atoms with Crippen molar-refractivity contribution in [2.75, 3.05) is 5.33 Å². The monoisotopic (exact) mass is 319 g/mol. The summed E-state index contributed by atoms with van der Waals surface area (Å²) in [6, 6.07) is 2.26. The Labute approximate surface area is 100 Å². The van der Waals surface area contributed by atoms with Crippen LogP contribution < -0.4 is 0 Å². The van der Waals surface area contributed by atoms with Crippen LogP contribution in [0.5, 0.6) is 0 Å². The molecular weight excluding hydrogens is 310 g/mol. The van der Waals surface area contributed by atoms with E-state index in [4.69, 9.17) is 5.26 Å². The molecule has 1 aromatic heterocycles. The van der Waals surface area contributed by atoms with Crippen molar-refractivity contribution in [1.82, 2.24) is 9.78 Å². The van der Waals surface area contributed by atoms with Crippen molar-refractivity contribution in [2.24, 2.45) is 13.0 Å². The zero-order valence-corrected chi connectivity index (χ0v) is 11.3. The molecule has 14 heavy (non-hydrogen) atoms. The van der Waals surface area contributed by atoms with Crippen LogP contribution in [0.15, 0.2) is 4.47 Å². The molecule has 0 saturated carbocycles. The average Bonchev–Trinajstić information content (AvgIpc) is 2.40. The Balaban J connectivity index is 2.91. The van der Waals surface area contributed by atoms with E-state index >= 15 is 0 Å². The zero-order valence-electron chi connectivity index (χ0n) is 8.09. The van der Waals surface area contributed by atoms with Crippen LogP contribution >= 0.6 is 31.9 Å². The van der Waals surface area contributed by atoms with E-state index in [0.29, 0.717) is 5.33 Å². The molecule has 1 rings (SSSR count). The first-order valence-electron chi connectivity index (χ1n) is 4.23. The highest BCUT2D eigenvalue weighted by molar-refractivity contribution is 9.10. The fraction of sp³-hybridized carbons (Fsp3) is 0.556. The third-order valence-electron chi connectivity index (χ3n) is 2.07. The molecule has 0 radical (unpaired) electrons. The van der Waals surface area contributed by atoms with Crippen LogP contribution in [0.2, 0.25) is 0 Å². The molecular formula is C9H11Br2N3. The predicted octanol–water partition coefficient (Wildman–Crippen LogP) is 2.57. The third kappa shape index (κ3) is 2.37. The number of hydrogen-bond donors (Lipinski definition) is 0. The third-order valence-corrected chi connectivity index (χ3v) is 3.88. The molecule has 1 aromatic rings. The van der Waals surface area contributed by atoms with Crippen LogP contribution in [0.4, 0.5) is 0 Å². The van der Waals surface area contributed by atoms with Crippen molar-refractivity contribution in [3.8, 4) is 6.07 Å². The Morgan fingerprint density at radius 2 is 2.29 bits per heavy atom. The second-order valence-corrected chi connectivity index (χ2v) is 4.59. The van der Waals surface area contributed by atoms with Gasteiger partial charge in [0.05, 0.1) is 27.8 Å². The van der Waals surface area contributed by atoms with Gasteiger partial charge >= 0.3 is 0 Å². The molecule has 0 aliphatic rings. The number of rotatable bonds is 3. The number of nitriles is 1. The highest BCUT2D eigenvalue weighted by Crippen LogP contribution is 2.23. The normalized spacial score (nSPS) is 12.5. The van der Waals surface area contributed by atoms with Crippen molar-refractivity contribution < 1.29 is 0 Å². The first-order valence-corrected chi connectivity index (χ1v) is 6.15. The summed E-state index contributed by atoms with van der Waals surface area (Å²) in [6.07, 6.45) is 0.722. The summed E-state index contributed by atoms with van der Waals surface area (Å²) in [5.74, 6) is 0.00102. The molecule has 0 spiro atoms. The van der Waals surface area contributed by atoms with Gasteiger partial charge in [0, 0.05) is 18.8 Å². The van der Waals surface area contributed by atoms with E-state index in [2.05, 4.69) is 43.0 Å². The highest BCUT2D eigenvalue weighted by Gasteiger charge is 2.15. The molecule has 1 heterocycles. The molecule has 3 nitrogen and oxygen atoms in total. The molecule has 1 unspecified atom stereocenters. The number of nitrogens with zero attached hydrogens (tertiary/aromatic N) is 3. The Morgan fingerprint density at radius 1 is 1.64 bits per heavy atom. The smallest absolute Gasteiger partial charge is 0.0738 e. The maximum absolute atomic E-state index is 8.85. The van der Waals surface area contributed by atoms with Gasteiger partial charge in [-0.1, -0.05) is 15.9 Å². The molecule has 0 bridgehead atoms. The Kier molecular flexibility index (Phi) is 4.14. The average molecular weight is 321 g/mol. The van der Waals surface area contributed by atoms with Crippen molar-refractivity contribution >= 4 is 31.9 Å². The minimum Gasteiger partial charge on any atom is -0.271 e. The molecule has 0 aliphatic heterocycles. The highest BCUT2D eigenvalue weighted by atomic mass is 79.9. The topological polar surface area (TPSA) is 41.6 Å². The lowest BCUT2D eigenvalue weighted by Gasteiger charge is -2.05. The molecule has 0 aromatic carbocycles. The van der Waals surface area contributed by atoms with Crippen LogP contribution in [-0.4, -0.2) is 15.1 Å². The van der Waals surface area contributed by atoms with Gasteiger partial charge in [-0.05, 0) is 22.9 Å². The summed E-state index contributed by atoms with van der Waals surface area (Å²) in [5, 5.41) is 13.8. The lowest BCUT2D eigenvalue weighted by Crippen LogP contribution is -2.08. The number of aryl methyl sites for hydroxylation is 2. The second kappa shape index (κ2) is 4.94. The number of aromatic nitrogens is 2. The minimum atomic E-state index is 0.00102. The second-order valence-electron chi connectivity index (χ2n) is 3.15. The molecule has 0 fully saturated rings. The van der Waals surface area contributed by atoms with Crippen LogP contribution in [-0.2, 0) is 13.5 Å². The van der Waals surface area contributed by atoms with Gasteiger partial charge in [-0.25, -0.2) is 0 Å². The van der Waals surface area contributed by atoms with E-state index in [1.54, 1.807) is 0 Å². The van der Waals surface area contributed by atoms with Crippen molar-refractivity contribution in [1.29, 1.82) is 5.26 Å². The summed E-state index contributed by atoms with van der Waals surface area (Å²) in [5.41, 5.74) is 2.04. The Bertz CT molecular complexity index is 365. The Hall–Kier alpha value is -0.340. The van der Waals surface area contributed by atoms with E-state index in [9.17, 15) is 0 Å². The van der Waals surface area contributed by atoms with Gasteiger partial charge in [0.2, 0.25) is 0 Å². The quantitative estimate of drug-likeness (QED) is 0.803. The molecule has 0 aliphatic carbocycles. The van der Waals surface area contributed by atoms with Gasteiger partial charge in [0.15, 0.2) is 0 Å².